The van der Waals surface area contributed by atoms with Crippen molar-refractivity contribution in [2.45, 2.75) is 6.18 Å². The number of hydrogen-bond donors (Lipinski definition) is 2. The molecule has 0 atom stereocenters. The van der Waals surface area contributed by atoms with Crippen LogP contribution in [0.1, 0.15) is 11.1 Å². The zero-order valence-corrected chi connectivity index (χ0v) is 11.9. The molecular weight excluding hydrogens is 311 g/mol. The van der Waals surface area contributed by atoms with Gasteiger partial charge in [0.15, 0.2) is 0 Å². The Morgan fingerprint density at radius 1 is 1.05 bits per heavy atom. The van der Waals surface area contributed by atoms with Gasteiger partial charge in [-0.05, 0) is 24.3 Å². The smallest absolute Gasteiger partial charge is 0.324 e. The summed E-state index contributed by atoms with van der Waals surface area (Å²) in [5.41, 5.74) is 1.41. The second-order valence-electron chi connectivity index (χ2n) is 4.63. The first-order valence-electron chi connectivity index (χ1n) is 6.37. The van der Waals surface area contributed by atoms with Crippen molar-refractivity contribution in [1.82, 2.24) is 9.97 Å². The molecule has 0 aliphatic carbocycles. The first-order chi connectivity index (χ1) is 10.4. The molecule has 0 amide bonds. The minimum absolute atomic E-state index is 0.299. The van der Waals surface area contributed by atoms with E-state index >= 15 is 0 Å². The van der Waals surface area contributed by atoms with E-state index in [0.717, 1.165) is 23.2 Å². The number of anilines is 1. The highest BCUT2D eigenvalue weighted by Gasteiger charge is 2.30. The molecule has 22 heavy (non-hydrogen) atoms. The number of nitrogens with one attached hydrogen (secondary N) is 2. The van der Waals surface area contributed by atoms with Gasteiger partial charge in [0.1, 0.15) is 4.99 Å². The standard InChI is InChI=1S/C15H10F3N3S/c16-15(17,18)10-7-5-9(6-8-10)13(22)21-14-19-11-3-1-2-4-12(11)20-14/h1-8H,(H2,19,20,21,22). The Morgan fingerprint density at radius 3 is 2.36 bits per heavy atom. The van der Waals surface area contributed by atoms with Crippen LogP contribution in [-0.4, -0.2) is 15.0 Å². The van der Waals surface area contributed by atoms with E-state index in [9.17, 15) is 13.2 Å². The molecule has 0 saturated carbocycles. The van der Waals surface area contributed by atoms with E-state index in [4.69, 9.17) is 12.2 Å². The highest BCUT2D eigenvalue weighted by atomic mass is 32.1. The van der Waals surface area contributed by atoms with E-state index in [1.165, 1.54) is 12.1 Å². The number of halogens is 3. The minimum atomic E-state index is -4.35. The largest absolute Gasteiger partial charge is 0.416 e. The molecule has 0 unspecified atom stereocenters. The fourth-order valence-corrected chi connectivity index (χ4v) is 2.24. The van der Waals surface area contributed by atoms with E-state index in [2.05, 4.69) is 15.3 Å². The van der Waals surface area contributed by atoms with Crippen molar-refractivity contribution in [3.05, 3.63) is 59.7 Å². The molecule has 0 aliphatic heterocycles. The molecule has 112 valence electrons. The molecule has 0 aliphatic rings. The molecule has 3 aromatic rings. The van der Waals surface area contributed by atoms with E-state index in [-0.39, 0.29) is 0 Å². The number of alkyl halides is 3. The van der Waals surface area contributed by atoms with Crippen LogP contribution in [0.4, 0.5) is 19.1 Å². The lowest BCUT2D eigenvalue weighted by Crippen LogP contribution is -2.12. The van der Waals surface area contributed by atoms with Gasteiger partial charge >= 0.3 is 6.18 Å². The number of rotatable bonds is 2. The van der Waals surface area contributed by atoms with E-state index in [0.29, 0.717) is 16.5 Å². The van der Waals surface area contributed by atoms with Crippen LogP contribution >= 0.6 is 12.2 Å². The Morgan fingerprint density at radius 2 is 1.73 bits per heavy atom. The van der Waals surface area contributed by atoms with Gasteiger partial charge in [-0.3, -0.25) is 0 Å². The molecule has 3 rings (SSSR count). The van der Waals surface area contributed by atoms with Crippen molar-refractivity contribution >= 4 is 34.2 Å². The molecule has 0 spiro atoms. The summed E-state index contributed by atoms with van der Waals surface area (Å²) in [5, 5.41) is 2.89. The summed E-state index contributed by atoms with van der Waals surface area (Å²) in [4.78, 5) is 7.64. The van der Waals surface area contributed by atoms with Crippen LogP contribution in [0.5, 0.6) is 0 Å². The van der Waals surface area contributed by atoms with Gasteiger partial charge in [-0.15, -0.1) is 0 Å². The molecule has 0 fully saturated rings. The second kappa shape index (κ2) is 5.42. The highest BCUT2D eigenvalue weighted by molar-refractivity contribution is 7.81. The van der Waals surface area contributed by atoms with Gasteiger partial charge in [0.25, 0.3) is 0 Å². The van der Waals surface area contributed by atoms with Crippen molar-refractivity contribution in [3.8, 4) is 0 Å². The summed E-state index contributed by atoms with van der Waals surface area (Å²) in [6, 6.07) is 12.1. The lowest BCUT2D eigenvalue weighted by atomic mass is 10.1. The van der Waals surface area contributed by atoms with Crippen molar-refractivity contribution in [2.75, 3.05) is 5.32 Å². The molecule has 3 nitrogen and oxygen atoms in total. The maximum Gasteiger partial charge on any atom is 0.416 e. The Balaban J connectivity index is 1.79. The summed E-state index contributed by atoms with van der Waals surface area (Å²) < 4.78 is 37.6. The van der Waals surface area contributed by atoms with Crippen molar-refractivity contribution in [3.63, 3.8) is 0 Å². The quantitative estimate of drug-likeness (QED) is 0.689. The first-order valence-corrected chi connectivity index (χ1v) is 6.78. The van der Waals surface area contributed by atoms with Crippen molar-refractivity contribution < 1.29 is 13.2 Å². The molecule has 2 aromatic carbocycles. The molecule has 0 bridgehead atoms. The van der Waals surface area contributed by atoms with Gasteiger partial charge < -0.3 is 10.3 Å². The number of aromatic amines is 1. The number of imidazole rings is 1. The number of benzene rings is 2. The normalized spacial score (nSPS) is 11.6. The zero-order valence-electron chi connectivity index (χ0n) is 11.1. The van der Waals surface area contributed by atoms with Crippen LogP contribution in [0.25, 0.3) is 11.0 Å². The zero-order chi connectivity index (χ0) is 15.7. The van der Waals surface area contributed by atoms with Crippen LogP contribution in [-0.2, 0) is 6.18 Å². The van der Waals surface area contributed by atoms with Crippen LogP contribution in [0, 0.1) is 0 Å². The van der Waals surface area contributed by atoms with Crippen LogP contribution in [0.15, 0.2) is 48.5 Å². The van der Waals surface area contributed by atoms with Gasteiger partial charge in [0.2, 0.25) is 5.95 Å². The van der Waals surface area contributed by atoms with Crippen LogP contribution < -0.4 is 5.32 Å². The van der Waals surface area contributed by atoms with E-state index in [1.807, 2.05) is 24.3 Å². The van der Waals surface area contributed by atoms with Crippen LogP contribution in [0.3, 0.4) is 0 Å². The van der Waals surface area contributed by atoms with Crippen LogP contribution in [0.2, 0.25) is 0 Å². The molecule has 1 heterocycles. The van der Waals surface area contributed by atoms with E-state index < -0.39 is 11.7 Å². The Labute approximate surface area is 129 Å². The van der Waals surface area contributed by atoms with Gasteiger partial charge in [0, 0.05) is 5.56 Å². The number of aromatic nitrogens is 2. The number of nitrogens with zero attached hydrogens (tertiary/aromatic N) is 1. The fraction of sp³-hybridized carbons (Fsp3) is 0.0667. The number of H-pyrrole nitrogens is 1. The molecule has 0 radical (unpaired) electrons. The predicted molar refractivity (Wildman–Crippen MR) is 82.9 cm³/mol. The van der Waals surface area contributed by atoms with Gasteiger partial charge in [-0.25, -0.2) is 4.98 Å². The minimum Gasteiger partial charge on any atom is -0.324 e. The molecule has 7 heteroatoms. The fourth-order valence-electron chi connectivity index (χ4n) is 2.00. The molecule has 2 N–H and O–H groups in total. The van der Waals surface area contributed by atoms with E-state index in [1.54, 1.807) is 0 Å². The maximum absolute atomic E-state index is 12.5. The number of thiocarbonyl (C=S) groups is 1. The summed E-state index contributed by atoms with van der Waals surface area (Å²) >= 11 is 5.19. The Hall–Kier alpha value is -2.41. The van der Waals surface area contributed by atoms with Gasteiger partial charge in [-0.2, -0.15) is 13.2 Å². The monoisotopic (exact) mass is 321 g/mol. The summed E-state index contributed by atoms with van der Waals surface area (Å²) in [6.45, 7) is 0. The third-order valence-corrected chi connectivity index (χ3v) is 3.43. The number of hydrogen-bond acceptors (Lipinski definition) is 2. The van der Waals surface area contributed by atoms with Crippen molar-refractivity contribution in [2.24, 2.45) is 0 Å². The van der Waals surface area contributed by atoms with Gasteiger partial charge in [0.05, 0.1) is 16.6 Å². The second-order valence-corrected chi connectivity index (χ2v) is 5.04. The third kappa shape index (κ3) is 2.94. The predicted octanol–water partition coefficient (Wildman–Crippen LogP) is 4.37. The first kappa shape index (κ1) is 14.5. The summed E-state index contributed by atoms with van der Waals surface area (Å²) in [7, 11) is 0. The molecule has 0 saturated heterocycles. The topological polar surface area (TPSA) is 40.7 Å². The molecular formula is C15H10F3N3S. The maximum atomic E-state index is 12.5. The Kier molecular flexibility index (Phi) is 3.58. The average Bonchev–Trinajstić information content (AvgIpc) is 2.88. The Bertz CT molecular complexity index is 789. The SMILES string of the molecule is FC(F)(F)c1ccc(C(=S)Nc2nc3ccccc3[nH]2)cc1. The van der Waals surface area contributed by atoms with Gasteiger partial charge in [-0.1, -0.05) is 36.5 Å². The summed E-state index contributed by atoms with van der Waals surface area (Å²) in [6.07, 6.45) is -4.35. The number of fused-ring (bicyclic) bond motifs is 1. The third-order valence-electron chi connectivity index (χ3n) is 3.10. The summed E-state index contributed by atoms with van der Waals surface area (Å²) in [5.74, 6) is 0.450. The number of para-hydroxylation sites is 2. The van der Waals surface area contributed by atoms with Crippen molar-refractivity contribution in [1.29, 1.82) is 0 Å². The lowest BCUT2D eigenvalue weighted by molar-refractivity contribution is -0.137. The molecule has 1 aromatic heterocycles. The average molecular weight is 321 g/mol. The highest BCUT2D eigenvalue weighted by Crippen LogP contribution is 2.29. The lowest BCUT2D eigenvalue weighted by Gasteiger charge is -2.08.